The molecule has 1 unspecified atom stereocenters. The van der Waals surface area contributed by atoms with Crippen LogP contribution in [0.3, 0.4) is 0 Å². The summed E-state index contributed by atoms with van der Waals surface area (Å²) in [5, 5.41) is 15.8. The normalized spacial score (nSPS) is 16.6. The number of carbonyl (C=O) groups is 1. The Labute approximate surface area is 270 Å². The molecular formula is C37H42N6O3. The van der Waals surface area contributed by atoms with Crippen LogP contribution in [0.25, 0.3) is 22.2 Å². The van der Waals surface area contributed by atoms with Gasteiger partial charge in [0.15, 0.2) is 5.82 Å². The van der Waals surface area contributed by atoms with Crippen LogP contribution in [-0.4, -0.2) is 69.8 Å². The van der Waals surface area contributed by atoms with E-state index >= 15 is 0 Å². The van der Waals surface area contributed by atoms with Crippen LogP contribution in [0.15, 0.2) is 97.0 Å². The summed E-state index contributed by atoms with van der Waals surface area (Å²) in [7, 11) is 0. The van der Waals surface area contributed by atoms with Gasteiger partial charge in [-0.3, -0.25) is 19.8 Å². The first-order valence-corrected chi connectivity index (χ1v) is 16.3. The summed E-state index contributed by atoms with van der Waals surface area (Å²) >= 11 is 0. The van der Waals surface area contributed by atoms with Gasteiger partial charge in [0.2, 0.25) is 0 Å². The van der Waals surface area contributed by atoms with Crippen LogP contribution >= 0.6 is 0 Å². The van der Waals surface area contributed by atoms with E-state index in [1.54, 1.807) is 0 Å². The van der Waals surface area contributed by atoms with E-state index in [1.165, 1.54) is 6.20 Å². The maximum absolute atomic E-state index is 14.5. The number of amides is 1. The molecule has 2 fully saturated rings. The van der Waals surface area contributed by atoms with Crippen molar-refractivity contribution < 1.29 is 9.72 Å². The molecule has 6 rings (SSSR count). The highest BCUT2D eigenvalue weighted by molar-refractivity contribution is 6.09. The summed E-state index contributed by atoms with van der Waals surface area (Å²) in [5.74, 6) is 0.777. The Bertz CT molecular complexity index is 1690. The number of nitrogens with one attached hydrogen (secondary N) is 1. The molecule has 1 aromatic heterocycles. The Hall–Kier alpha value is -4.76. The fraction of sp³-hybridized carbons (Fsp3) is 0.351. The zero-order valence-corrected chi connectivity index (χ0v) is 26.6. The molecule has 4 aromatic rings. The average molecular weight is 619 g/mol. The largest absolute Gasteiger partial charge is 0.353 e. The Balaban J connectivity index is 1.36. The fourth-order valence-corrected chi connectivity index (χ4v) is 6.77. The topological polar surface area (TPSA) is 94.8 Å². The first kappa shape index (κ1) is 31.2. The molecule has 238 valence electrons. The lowest BCUT2D eigenvalue weighted by Gasteiger charge is -2.39. The van der Waals surface area contributed by atoms with E-state index in [2.05, 4.69) is 46.0 Å². The number of nitrogens with zero attached hydrogens (tertiary/aromatic N) is 5. The molecule has 46 heavy (non-hydrogen) atoms. The van der Waals surface area contributed by atoms with Crippen molar-refractivity contribution in [2.75, 3.05) is 39.3 Å². The first-order chi connectivity index (χ1) is 22.4. The van der Waals surface area contributed by atoms with Gasteiger partial charge >= 0.3 is 0 Å². The number of hydrogen-bond donors (Lipinski definition) is 1. The van der Waals surface area contributed by atoms with Gasteiger partial charge in [0.1, 0.15) is 0 Å². The fourth-order valence-electron chi connectivity index (χ4n) is 6.77. The number of fused-ring (bicyclic) bond motifs is 1. The molecule has 9 nitrogen and oxygen atoms in total. The van der Waals surface area contributed by atoms with E-state index < -0.39 is 0 Å². The second-order valence-corrected chi connectivity index (χ2v) is 12.5. The van der Waals surface area contributed by atoms with Crippen LogP contribution in [0.5, 0.6) is 0 Å². The van der Waals surface area contributed by atoms with Crippen LogP contribution in [0, 0.1) is 16.0 Å². The first-order valence-electron chi connectivity index (χ1n) is 16.3. The van der Waals surface area contributed by atoms with E-state index in [9.17, 15) is 14.9 Å². The Morgan fingerprint density at radius 3 is 2.13 bits per heavy atom. The van der Waals surface area contributed by atoms with Crippen LogP contribution < -0.4 is 5.32 Å². The van der Waals surface area contributed by atoms with Crippen LogP contribution in [-0.2, 0) is 6.54 Å². The molecule has 0 bridgehead atoms. The highest BCUT2D eigenvalue weighted by Gasteiger charge is 2.30. The monoisotopic (exact) mass is 618 g/mol. The highest BCUT2D eigenvalue weighted by atomic mass is 16.6. The molecule has 0 radical (unpaired) electrons. The molecule has 1 atom stereocenters. The van der Waals surface area contributed by atoms with Crippen LogP contribution in [0.1, 0.15) is 54.2 Å². The lowest BCUT2D eigenvalue weighted by molar-refractivity contribution is -0.405. The predicted molar refractivity (Wildman–Crippen MR) is 181 cm³/mol. The molecule has 1 N–H and O–H groups in total. The molecule has 0 saturated carbocycles. The van der Waals surface area contributed by atoms with Crippen molar-refractivity contribution in [3.8, 4) is 11.3 Å². The number of pyridine rings is 1. The Morgan fingerprint density at radius 1 is 0.870 bits per heavy atom. The molecule has 2 aliphatic heterocycles. The quantitative estimate of drug-likeness (QED) is 0.164. The Morgan fingerprint density at radius 2 is 1.48 bits per heavy atom. The maximum Gasteiger partial charge on any atom is 0.274 e. The van der Waals surface area contributed by atoms with Gasteiger partial charge in [-0.1, -0.05) is 92.7 Å². The van der Waals surface area contributed by atoms with E-state index in [4.69, 9.17) is 4.98 Å². The highest BCUT2D eigenvalue weighted by Crippen LogP contribution is 2.33. The number of piperazine rings is 1. The summed E-state index contributed by atoms with van der Waals surface area (Å²) in [4.78, 5) is 37.5. The van der Waals surface area contributed by atoms with Crippen molar-refractivity contribution in [3.63, 3.8) is 0 Å². The second-order valence-electron chi connectivity index (χ2n) is 12.5. The minimum atomic E-state index is -0.336. The number of aromatic nitrogens is 1. The van der Waals surface area contributed by atoms with Gasteiger partial charge in [-0.15, -0.1) is 0 Å². The third-order valence-corrected chi connectivity index (χ3v) is 9.11. The van der Waals surface area contributed by atoms with Crippen molar-refractivity contribution in [1.82, 2.24) is 25.0 Å². The van der Waals surface area contributed by atoms with Gasteiger partial charge in [0.05, 0.1) is 27.7 Å². The predicted octanol–water partition coefficient (Wildman–Crippen LogP) is 6.32. The third-order valence-electron chi connectivity index (χ3n) is 9.11. The Kier molecular flexibility index (Phi) is 9.59. The van der Waals surface area contributed by atoms with Gasteiger partial charge in [0.25, 0.3) is 12.1 Å². The molecule has 9 heteroatoms. The number of carbonyl (C=O) groups excluding carboxylic acids is 1. The summed E-state index contributed by atoms with van der Waals surface area (Å²) in [5.41, 5.74) is 5.16. The number of likely N-dealkylation sites (tertiary alicyclic amines) is 1. The van der Waals surface area contributed by atoms with Crippen LogP contribution in [0.4, 0.5) is 0 Å². The number of rotatable bonds is 10. The molecular weight excluding hydrogens is 576 g/mol. The zero-order chi connectivity index (χ0) is 32.0. The molecule has 1 amide bonds. The second kappa shape index (κ2) is 14.1. The van der Waals surface area contributed by atoms with Crippen molar-refractivity contribution in [1.29, 1.82) is 0 Å². The van der Waals surface area contributed by atoms with E-state index in [0.29, 0.717) is 44.1 Å². The zero-order valence-electron chi connectivity index (χ0n) is 26.6. The van der Waals surface area contributed by atoms with Crippen molar-refractivity contribution in [2.45, 2.75) is 39.3 Å². The summed E-state index contributed by atoms with van der Waals surface area (Å²) < 4.78 is 0. The minimum absolute atomic E-state index is 0.114. The summed E-state index contributed by atoms with van der Waals surface area (Å²) in [6, 6.07) is 27.9. The van der Waals surface area contributed by atoms with Crippen molar-refractivity contribution >= 4 is 16.8 Å². The maximum atomic E-state index is 14.5. The lowest BCUT2D eigenvalue weighted by Crippen LogP contribution is -2.48. The standard InChI is InChI=1S/C37H42N6O3/c1-27(2)35(28-13-5-3-6-14-28)39-37(44)34-30-17-9-10-18-32(30)38-36(29-15-7-4-8-16-29)31(34)25-40-21-23-42(24-22-40)33(26-43(45)46)41-19-11-12-20-41/h3-10,13-18,26-27,35H,11-12,19-25H2,1-2H3,(H,39,44)/b33-26+. The van der Waals surface area contributed by atoms with Gasteiger partial charge in [-0.25, -0.2) is 4.98 Å². The molecule has 2 aliphatic rings. The smallest absolute Gasteiger partial charge is 0.274 e. The molecule has 3 aromatic carbocycles. The minimum Gasteiger partial charge on any atom is -0.353 e. The average Bonchev–Trinajstić information content (AvgIpc) is 3.62. The number of hydrogen-bond acceptors (Lipinski definition) is 7. The van der Waals surface area contributed by atoms with Crippen LogP contribution in [0.2, 0.25) is 0 Å². The van der Waals surface area contributed by atoms with Crippen molar-refractivity contribution in [2.24, 2.45) is 5.92 Å². The summed E-state index contributed by atoms with van der Waals surface area (Å²) in [6.45, 7) is 9.25. The number of nitro groups is 1. The van der Waals surface area contributed by atoms with E-state index in [0.717, 1.165) is 59.2 Å². The van der Waals surface area contributed by atoms with E-state index in [-0.39, 0.29) is 22.8 Å². The van der Waals surface area contributed by atoms with Gasteiger partial charge in [-0.05, 0) is 30.4 Å². The van der Waals surface area contributed by atoms with Gasteiger partial charge in [0, 0.05) is 62.3 Å². The molecule has 2 saturated heterocycles. The van der Waals surface area contributed by atoms with Gasteiger partial charge in [-0.2, -0.15) is 0 Å². The molecule has 0 spiro atoms. The van der Waals surface area contributed by atoms with E-state index in [1.807, 2.05) is 72.8 Å². The molecule has 3 heterocycles. The van der Waals surface area contributed by atoms with Crippen molar-refractivity contribution in [3.05, 3.63) is 124 Å². The lowest BCUT2D eigenvalue weighted by atomic mass is 9.93. The van der Waals surface area contributed by atoms with Gasteiger partial charge < -0.3 is 15.1 Å². The SMILES string of the molecule is CC(C)C(NC(=O)c1c(CN2CCN(/C(=C/[N+](=O)[O-])N3CCCC3)CC2)c(-c2ccccc2)nc2ccccc12)c1ccccc1. The summed E-state index contributed by atoms with van der Waals surface area (Å²) in [6.07, 6.45) is 3.28. The molecule has 0 aliphatic carbocycles. The third kappa shape index (κ3) is 6.89. The number of benzene rings is 3. The number of para-hydroxylation sites is 1.